The van der Waals surface area contributed by atoms with E-state index in [1.165, 1.54) is 48.9 Å². The zero-order valence-electron chi connectivity index (χ0n) is 17.7. The molecule has 0 bridgehead atoms. The lowest BCUT2D eigenvalue weighted by atomic mass is 9.98. The molecular weight excluding hydrogens is 374 g/mol. The van der Waals surface area contributed by atoms with Gasteiger partial charge in [-0.15, -0.1) is 0 Å². The second-order valence-corrected chi connectivity index (χ2v) is 8.79. The smallest absolute Gasteiger partial charge is 0.213 e. The number of aliphatic imine (C=N–C) groups is 1. The molecule has 0 saturated heterocycles. The Morgan fingerprint density at radius 3 is 2.70 bits per heavy atom. The monoisotopic (exact) mass is 405 g/mol. The van der Waals surface area contributed by atoms with Crippen molar-refractivity contribution in [2.45, 2.75) is 77.0 Å². The predicted octanol–water partition coefficient (Wildman–Crippen LogP) is 4.11. The van der Waals surface area contributed by atoms with E-state index in [0.29, 0.717) is 6.10 Å². The molecule has 0 amide bonds. The van der Waals surface area contributed by atoms with Crippen LogP contribution in [0.3, 0.4) is 0 Å². The van der Waals surface area contributed by atoms with Crippen LogP contribution in [-0.4, -0.2) is 44.8 Å². The van der Waals surface area contributed by atoms with Gasteiger partial charge in [-0.05, 0) is 50.5 Å². The van der Waals surface area contributed by atoms with Crippen LogP contribution in [0.5, 0.6) is 5.88 Å². The van der Waals surface area contributed by atoms with Gasteiger partial charge in [0.15, 0.2) is 5.82 Å². The third kappa shape index (κ3) is 4.69. The maximum atomic E-state index is 6.06. The standard InChI is InChI=1S/C24H31N5O/c1-2-6-20(7-3-1)30-23-10-9-18(14-26-23)16-29-13-11-21-19(17-29)15-27-24(28-21)22-8-4-5-12-25-22/h9-10,14-15,20H,1-8,11-13,16-17H2. The molecule has 2 aliphatic heterocycles. The Morgan fingerprint density at radius 1 is 0.967 bits per heavy atom. The molecule has 0 unspecified atom stereocenters. The first-order valence-electron chi connectivity index (χ1n) is 11.6. The maximum absolute atomic E-state index is 6.06. The van der Waals surface area contributed by atoms with Gasteiger partial charge in [0.1, 0.15) is 6.10 Å². The summed E-state index contributed by atoms with van der Waals surface area (Å²) in [4.78, 5) is 21.1. The van der Waals surface area contributed by atoms with Gasteiger partial charge in [-0.25, -0.2) is 15.0 Å². The van der Waals surface area contributed by atoms with Crippen LogP contribution in [0, 0.1) is 0 Å². The molecule has 158 valence electrons. The Kier molecular flexibility index (Phi) is 6.02. The molecule has 1 saturated carbocycles. The Labute approximate surface area is 178 Å². The largest absolute Gasteiger partial charge is 0.474 e. The second-order valence-electron chi connectivity index (χ2n) is 8.79. The fourth-order valence-corrected chi connectivity index (χ4v) is 4.71. The Morgan fingerprint density at radius 2 is 1.90 bits per heavy atom. The van der Waals surface area contributed by atoms with E-state index in [-0.39, 0.29) is 0 Å². The van der Waals surface area contributed by atoms with Crippen molar-refractivity contribution < 1.29 is 4.74 Å². The molecule has 2 aromatic rings. The maximum Gasteiger partial charge on any atom is 0.213 e. The zero-order valence-corrected chi connectivity index (χ0v) is 17.7. The highest BCUT2D eigenvalue weighted by Gasteiger charge is 2.21. The molecule has 0 spiro atoms. The molecule has 0 N–H and O–H groups in total. The molecule has 1 fully saturated rings. The molecule has 0 aromatic carbocycles. The lowest BCUT2D eigenvalue weighted by Crippen LogP contribution is -2.31. The normalized spacial score (nSPS) is 20.5. The molecule has 1 aliphatic carbocycles. The predicted molar refractivity (Wildman–Crippen MR) is 117 cm³/mol. The van der Waals surface area contributed by atoms with Gasteiger partial charge in [0.05, 0.1) is 11.4 Å². The lowest BCUT2D eigenvalue weighted by molar-refractivity contribution is 0.148. The second kappa shape index (κ2) is 9.21. The molecule has 0 atom stereocenters. The number of pyridine rings is 1. The number of rotatable bonds is 5. The van der Waals surface area contributed by atoms with Gasteiger partial charge in [-0.3, -0.25) is 9.89 Å². The van der Waals surface area contributed by atoms with Crippen LogP contribution >= 0.6 is 0 Å². The van der Waals surface area contributed by atoms with Gasteiger partial charge < -0.3 is 4.74 Å². The summed E-state index contributed by atoms with van der Waals surface area (Å²) >= 11 is 0. The quantitative estimate of drug-likeness (QED) is 0.749. The van der Waals surface area contributed by atoms with Gasteiger partial charge in [-0.1, -0.05) is 12.5 Å². The van der Waals surface area contributed by atoms with Crippen LogP contribution in [0.2, 0.25) is 0 Å². The first-order chi connectivity index (χ1) is 14.8. The van der Waals surface area contributed by atoms with Crippen LogP contribution in [0.1, 0.15) is 74.0 Å². The van der Waals surface area contributed by atoms with Crippen LogP contribution in [-0.2, 0) is 19.5 Å². The highest BCUT2D eigenvalue weighted by Crippen LogP contribution is 2.23. The molecule has 4 heterocycles. The molecule has 6 nitrogen and oxygen atoms in total. The summed E-state index contributed by atoms with van der Waals surface area (Å²) in [5.74, 6) is 1.61. The summed E-state index contributed by atoms with van der Waals surface area (Å²) in [5.41, 5.74) is 4.75. The third-order valence-electron chi connectivity index (χ3n) is 6.44. The molecule has 6 heteroatoms. The average molecular weight is 406 g/mol. The topological polar surface area (TPSA) is 63.5 Å². The van der Waals surface area contributed by atoms with Crippen LogP contribution in [0.15, 0.2) is 29.5 Å². The van der Waals surface area contributed by atoms with Crippen molar-refractivity contribution >= 4 is 5.71 Å². The minimum atomic E-state index is 0.347. The van der Waals surface area contributed by atoms with Crippen LogP contribution in [0.25, 0.3) is 0 Å². The zero-order chi connectivity index (χ0) is 20.2. The number of aromatic nitrogens is 3. The molecule has 0 radical (unpaired) electrons. The molecule has 5 rings (SSSR count). The van der Waals surface area contributed by atoms with Crippen molar-refractivity contribution in [2.75, 3.05) is 13.1 Å². The van der Waals surface area contributed by atoms with E-state index in [2.05, 4.69) is 25.9 Å². The minimum absolute atomic E-state index is 0.347. The van der Waals surface area contributed by atoms with E-state index >= 15 is 0 Å². The lowest BCUT2D eigenvalue weighted by Gasteiger charge is -2.28. The summed E-state index contributed by atoms with van der Waals surface area (Å²) in [6, 6.07) is 4.18. The van der Waals surface area contributed by atoms with E-state index in [9.17, 15) is 0 Å². The summed E-state index contributed by atoms with van der Waals surface area (Å²) < 4.78 is 6.06. The minimum Gasteiger partial charge on any atom is -0.474 e. The molecule has 3 aliphatic rings. The molecule has 30 heavy (non-hydrogen) atoms. The fraction of sp³-hybridized carbons (Fsp3) is 0.583. The number of ether oxygens (including phenoxy) is 1. The SMILES string of the molecule is c1cc(OC2CCCCC2)ncc1CN1CCc2nc(C3=NCCCC3)ncc2C1. The summed E-state index contributed by atoms with van der Waals surface area (Å²) in [6.07, 6.45) is 14.9. The van der Waals surface area contributed by atoms with Crippen molar-refractivity contribution in [1.82, 2.24) is 19.9 Å². The van der Waals surface area contributed by atoms with Gasteiger partial charge in [0.2, 0.25) is 5.88 Å². The van der Waals surface area contributed by atoms with Gasteiger partial charge in [-0.2, -0.15) is 0 Å². The fourth-order valence-electron chi connectivity index (χ4n) is 4.71. The highest BCUT2D eigenvalue weighted by molar-refractivity contribution is 5.97. The van der Waals surface area contributed by atoms with E-state index in [1.807, 2.05) is 18.5 Å². The van der Waals surface area contributed by atoms with Crippen molar-refractivity contribution in [3.05, 3.63) is 47.2 Å². The summed E-state index contributed by atoms with van der Waals surface area (Å²) in [6.45, 7) is 3.71. The van der Waals surface area contributed by atoms with Crippen molar-refractivity contribution in [3.8, 4) is 5.88 Å². The third-order valence-corrected chi connectivity index (χ3v) is 6.44. The number of hydrogen-bond donors (Lipinski definition) is 0. The van der Waals surface area contributed by atoms with Crippen molar-refractivity contribution in [1.29, 1.82) is 0 Å². The number of fused-ring (bicyclic) bond motifs is 1. The van der Waals surface area contributed by atoms with E-state index < -0.39 is 0 Å². The van der Waals surface area contributed by atoms with Crippen LogP contribution in [0.4, 0.5) is 0 Å². The van der Waals surface area contributed by atoms with E-state index in [4.69, 9.17) is 9.72 Å². The van der Waals surface area contributed by atoms with E-state index in [0.717, 1.165) is 69.3 Å². The Bertz CT molecular complexity index is 889. The van der Waals surface area contributed by atoms with Gasteiger partial charge in [0, 0.05) is 56.6 Å². The first-order valence-corrected chi connectivity index (χ1v) is 11.6. The van der Waals surface area contributed by atoms with Gasteiger partial charge >= 0.3 is 0 Å². The molecule has 2 aromatic heterocycles. The summed E-state index contributed by atoms with van der Waals surface area (Å²) in [7, 11) is 0. The Hall–Kier alpha value is -2.34. The van der Waals surface area contributed by atoms with Crippen LogP contribution < -0.4 is 4.74 Å². The molecular formula is C24H31N5O. The Balaban J connectivity index is 1.18. The van der Waals surface area contributed by atoms with Crippen molar-refractivity contribution in [2.24, 2.45) is 4.99 Å². The number of hydrogen-bond acceptors (Lipinski definition) is 6. The van der Waals surface area contributed by atoms with E-state index in [1.54, 1.807) is 0 Å². The first kappa shape index (κ1) is 19.6. The average Bonchev–Trinajstić information content (AvgIpc) is 2.81. The van der Waals surface area contributed by atoms with Gasteiger partial charge in [0.25, 0.3) is 0 Å². The van der Waals surface area contributed by atoms with Crippen molar-refractivity contribution in [3.63, 3.8) is 0 Å². The highest BCUT2D eigenvalue weighted by atomic mass is 16.5. The summed E-state index contributed by atoms with van der Waals surface area (Å²) in [5, 5.41) is 0. The number of nitrogens with zero attached hydrogens (tertiary/aromatic N) is 5.